The number of nitrogens with zero attached hydrogens (tertiary/aromatic N) is 1. The number of allylic oxidation sites excluding steroid dienone is 1. The predicted molar refractivity (Wildman–Crippen MR) is 116 cm³/mol. The van der Waals surface area contributed by atoms with E-state index in [-0.39, 0.29) is 12.0 Å². The summed E-state index contributed by atoms with van der Waals surface area (Å²) in [6, 6.07) is 31.1. The van der Waals surface area contributed by atoms with Crippen LogP contribution < -0.4 is 0 Å². The molecule has 146 valence electrons. The fourth-order valence-electron chi connectivity index (χ4n) is 4.15. The number of likely N-dealkylation sites (tertiary alicyclic amines) is 1. The molecule has 1 fully saturated rings. The molecule has 1 saturated heterocycles. The number of carbonyl (C=O) groups is 1. The molecule has 1 atom stereocenters. The number of methoxy groups -OCH3 is 1. The lowest BCUT2D eigenvalue weighted by molar-refractivity contribution is -0.133. The molecule has 0 aromatic heterocycles. The Hall–Kier alpha value is -3.33. The van der Waals surface area contributed by atoms with E-state index in [1.165, 1.54) is 18.2 Å². The van der Waals surface area contributed by atoms with E-state index in [4.69, 9.17) is 4.74 Å². The van der Waals surface area contributed by atoms with Crippen LogP contribution in [0, 0.1) is 0 Å². The van der Waals surface area contributed by atoms with Crippen molar-refractivity contribution in [2.24, 2.45) is 0 Å². The first-order valence-corrected chi connectivity index (χ1v) is 10.0. The number of hydrogen-bond donors (Lipinski definition) is 0. The van der Waals surface area contributed by atoms with Crippen LogP contribution in [0.25, 0.3) is 5.57 Å². The maximum Gasteiger partial charge on any atom is 0.340 e. The first-order chi connectivity index (χ1) is 14.3. The van der Waals surface area contributed by atoms with E-state index >= 15 is 0 Å². The van der Waals surface area contributed by atoms with Gasteiger partial charge >= 0.3 is 5.97 Å². The third kappa shape index (κ3) is 4.09. The Labute approximate surface area is 172 Å². The molecular weight excluding hydrogens is 358 g/mol. The van der Waals surface area contributed by atoms with Crippen molar-refractivity contribution in [3.05, 3.63) is 113 Å². The number of hydrogen-bond acceptors (Lipinski definition) is 3. The van der Waals surface area contributed by atoms with Gasteiger partial charge in [0, 0.05) is 12.2 Å². The number of carbonyl (C=O) groups excluding carboxylic acids is 1. The molecule has 1 heterocycles. The fourth-order valence-corrected chi connectivity index (χ4v) is 4.15. The summed E-state index contributed by atoms with van der Waals surface area (Å²) < 4.78 is 5.20. The topological polar surface area (TPSA) is 29.5 Å². The Balaban J connectivity index is 1.83. The van der Waals surface area contributed by atoms with Crippen LogP contribution in [0.15, 0.2) is 96.7 Å². The average molecular weight is 383 g/mol. The largest absolute Gasteiger partial charge is 0.465 e. The van der Waals surface area contributed by atoms with Crippen LogP contribution >= 0.6 is 0 Å². The van der Waals surface area contributed by atoms with Crippen molar-refractivity contribution in [2.45, 2.75) is 25.4 Å². The Bertz CT molecular complexity index is 981. The monoisotopic (exact) mass is 383 g/mol. The summed E-state index contributed by atoms with van der Waals surface area (Å²) in [6.07, 6.45) is 1.81. The number of ether oxygens (including phenoxy) is 1. The number of rotatable bonds is 5. The van der Waals surface area contributed by atoms with Gasteiger partial charge in [0.15, 0.2) is 0 Å². The highest BCUT2D eigenvalue weighted by Gasteiger charge is 2.33. The minimum absolute atomic E-state index is 0.231. The van der Waals surface area contributed by atoms with Gasteiger partial charge in [-0.05, 0) is 29.5 Å². The molecule has 0 N–H and O–H groups in total. The summed E-state index contributed by atoms with van der Waals surface area (Å²) in [7, 11) is 1.46. The van der Waals surface area contributed by atoms with Crippen LogP contribution in [-0.2, 0) is 16.1 Å². The van der Waals surface area contributed by atoms with Gasteiger partial charge in [-0.25, -0.2) is 4.79 Å². The molecular formula is C26H25NO2. The second kappa shape index (κ2) is 8.78. The van der Waals surface area contributed by atoms with Crippen molar-refractivity contribution in [2.75, 3.05) is 7.11 Å². The van der Waals surface area contributed by atoms with Crippen LogP contribution in [-0.4, -0.2) is 18.0 Å². The van der Waals surface area contributed by atoms with Gasteiger partial charge < -0.3 is 9.64 Å². The molecule has 0 saturated carbocycles. The maximum absolute atomic E-state index is 12.8. The summed E-state index contributed by atoms with van der Waals surface area (Å²) in [5.41, 5.74) is 5.13. The normalized spacial score (nSPS) is 17.8. The van der Waals surface area contributed by atoms with Gasteiger partial charge in [-0.2, -0.15) is 0 Å². The van der Waals surface area contributed by atoms with Gasteiger partial charge in [-0.15, -0.1) is 0 Å². The van der Waals surface area contributed by atoms with Crippen molar-refractivity contribution in [1.82, 2.24) is 4.90 Å². The first-order valence-electron chi connectivity index (χ1n) is 10.0. The molecule has 3 aromatic rings. The molecule has 0 bridgehead atoms. The van der Waals surface area contributed by atoms with Gasteiger partial charge in [0.2, 0.25) is 0 Å². The molecule has 0 aliphatic carbocycles. The Morgan fingerprint density at radius 3 is 2.10 bits per heavy atom. The smallest absolute Gasteiger partial charge is 0.340 e. The van der Waals surface area contributed by atoms with Gasteiger partial charge in [-0.1, -0.05) is 91.0 Å². The first kappa shape index (κ1) is 19.0. The van der Waals surface area contributed by atoms with E-state index in [2.05, 4.69) is 53.4 Å². The van der Waals surface area contributed by atoms with E-state index in [9.17, 15) is 4.79 Å². The zero-order chi connectivity index (χ0) is 20.1. The lowest BCUT2D eigenvalue weighted by Gasteiger charge is -2.30. The molecule has 3 heteroatoms. The highest BCUT2D eigenvalue weighted by Crippen LogP contribution is 2.43. The molecule has 1 aliphatic rings. The predicted octanol–water partition coefficient (Wildman–Crippen LogP) is 5.61. The van der Waals surface area contributed by atoms with E-state index in [0.29, 0.717) is 5.57 Å². The van der Waals surface area contributed by atoms with Crippen LogP contribution in [0.3, 0.4) is 0 Å². The van der Waals surface area contributed by atoms with Crippen LogP contribution in [0.5, 0.6) is 0 Å². The summed E-state index contributed by atoms with van der Waals surface area (Å²) in [6.45, 7) is 0.753. The third-order valence-corrected chi connectivity index (χ3v) is 5.50. The van der Waals surface area contributed by atoms with E-state index in [1.807, 2.05) is 42.5 Å². The zero-order valence-corrected chi connectivity index (χ0v) is 16.6. The highest BCUT2D eigenvalue weighted by molar-refractivity contribution is 6.17. The third-order valence-electron chi connectivity index (χ3n) is 5.50. The quantitative estimate of drug-likeness (QED) is 0.424. The molecule has 1 aliphatic heterocycles. The summed E-state index contributed by atoms with van der Waals surface area (Å²) in [5, 5.41) is 0. The Kier molecular flexibility index (Phi) is 5.76. The molecule has 0 spiro atoms. The zero-order valence-electron chi connectivity index (χ0n) is 16.6. The average Bonchev–Trinajstić information content (AvgIpc) is 3.19. The molecule has 0 unspecified atom stereocenters. The number of benzene rings is 3. The minimum Gasteiger partial charge on any atom is -0.465 e. The van der Waals surface area contributed by atoms with Gasteiger partial charge in [0.25, 0.3) is 0 Å². The van der Waals surface area contributed by atoms with Gasteiger partial charge in [0.05, 0.1) is 18.7 Å². The van der Waals surface area contributed by atoms with Crippen LogP contribution in [0.4, 0.5) is 0 Å². The van der Waals surface area contributed by atoms with Crippen molar-refractivity contribution in [3.8, 4) is 0 Å². The fraction of sp³-hybridized carbons (Fsp3) is 0.192. The molecule has 0 radical (unpaired) electrons. The second-order valence-electron chi connectivity index (χ2n) is 7.26. The lowest BCUT2D eigenvalue weighted by atomic mass is 10.0. The summed E-state index contributed by atoms with van der Waals surface area (Å²) >= 11 is 0. The van der Waals surface area contributed by atoms with Gasteiger partial charge in [-0.3, -0.25) is 0 Å². The maximum atomic E-state index is 12.8. The highest BCUT2D eigenvalue weighted by atomic mass is 16.5. The SMILES string of the molecule is COC(=O)/C(=C1\CC[C@@H](c2ccccc2)N1Cc1ccccc1)c1ccccc1. The second-order valence-corrected chi connectivity index (χ2v) is 7.26. The van der Waals surface area contributed by atoms with Crippen molar-refractivity contribution < 1.29 is 9.53 Å². The van der Waals surface area contributed by atoms with Crippen LogP contribution in [0.2, 0.25) is 0 Å². The Morgan fingerprint density at radius 2 is 1.48 bits per heavy atom. The minimum atomic E-state index is -0.280. The van der Waals surface area contributed by atoms with Gasteiger partial charge in [0.1, 0.15) is 0 Å². The van der Waals surface area contributed by atoms with Crippen LogP contribution in [0.1, 0.15) is 35.6 Å². The van der Waals surface area contributed by atoms with E-state index in [0.717, 1.165) is 30.6 Å². The molecule has 0 amide bonds. The van der Waals surface area contributed by atoms with E-state index in [1.54, 1.807) is 0 Å². The number of esters is 1. The standard InChI is InChI=1S/C26H25NO2/c1-29-26(28)25(22-15-9-4-10-16-22)24-18-17-23(21-13-7-3-8-14-21)27(24)19-20-11-5-2-6-12-20/h2-16,23H,17-19H2,1H3/b25-24+/t23-/m0/s1. The van der Waals surface area contributed by atoms with E-state index < -0.39 is 0 Å². The molecule has 3 aromatic carbocycles. The lowest BCUT2D eigenvalue weighted by Crippen LogP contribution is -2.24. The summed E-state index contributed by atoms with van der Waals surface area (Å²) in [5.74, 6) is -0.280. The van der Waals surface area contributed by atoms with Crippen molar-refractivity contribution >= 4 is 11.5 Å². The van der Waals surface area contributed by atoms with Crippen molar-refractivity contribution in [3.63, 3.8) is 0 Å². The molecule has 4 rings (SSSR count). The Morgan fingerprint density at radius 1 is 0.897 bits per heavy atom. The van der Waals surface area contributed by atoms with Crippen molar-refractivity contribution in [1.29, 1.82) is 0 Å². The molecule has 3 nitrogen and oxygen atoms in total. The summed E-state index contributed by atoms with van der Waals surface area (Å²) in [4.78, 5) is 15.2. The molecule has 29 heavy (non-hydrogen) atoms.